The molecule has 2 N–H and O–H groups in total. The molecule has 1 saturated heterocycles. The third-order valence-electron chi connectivity index (χ3n) is 4.38. The molecule has 2 aromatic rings. The molecule has 5 nitrogen and oxygen atoms in total. The molecule has 25 heavy (non-hydrogen) atoms. The van der Waals surface area contributed by atoms with Gasteiger partial charge in [0.15, 0.2) is 5.96 Å². The predicted octanol–water partition coefficient (Wildman–Crippen LogP) is 3.19. The summed E-state index contributed by atoms with van der Waals surface area (Å²) in [6.45, 7) is 5.70. The van der Waals surface area contributed by atoms with Crippen LogP contribution in [0.25, 0.3) is 11.1 Å². The fraction of sp³-hybridized carbons (Fsp3) is 0.167. The molecule has 1 amide bonds. The van der Waals surface area contributed by atoms with Gasteiger partial charge in [0.1, 0.15) is 17.4 Å². The van der Waals surface area contributed by atoms with E-state index in [1.165, 1.54) is 35.4 Å². The first-order chi connectivity index (χ1) is 11.8. The first-order valence-corrected chi connectivity index (χ1v) is 8.29. The molecule has 126 valence electrons. The highest BCUT2D eigenvalue weighted by atomic mass is 32.1. The van der Waals surface area contributed by atoms with Crippen LogP contribution in [0.5, 0.6) is 0 Å². The van der Waals surface area contributed by atoms with Crippen LogP contribution in [0.15, 0.2) is 41.8 Å². The molecule has 1 aromatic heterocycles. The van der Waals surface area contributed by atoms with E-state index < -0.39 is 11.4 Å². The number of nitrogens with zero attached hydrogens (tertiary/aromatic N) is 2. The molecular formula is C18H15FN4OS. The number of nitriles is 1. The maximum absolute atomic E-state index is 13.5. The Kier molecular flexibility index (Phi) is 3.93. The number of guanidine groups is 1. The number of rotatable bonds is 2. The minimum absolute atomic E-state index is 0.00315. The molecule has 1 atom stereocenters. The topological polar surface area (TPSA) is 80.0 Å². The Bertz CT molecular complexity index is 958. The van der Waals surface area contributed by atoms with E-state index in [0.29, 0.717) is 11.1 Å². The van der Waals surface area contributed by atoms with Gasteiger partial charge in [-0.05, 0) is 41.6 Å². The van der Waals surface area contributed by atoms with Crippen molar-refractivity contribution in [2.24, 2.45) is 0 Å². The van der Waals surface area contributed by atoms with Crippen molar-refractivity contribution in [2.45, 2.75) is 12.5 Å². The van der Waals surface area contributed by atoms with Crippen molar-refractivity contribution in [1.82, 2.24) is 10.2 Å². The summed E-state index contributed by atoms with van der Waals surface area (Å²) in [6, 6.07) is 8.06. The van der Waals surface area contributed by atoms with Crippen LogP contribution in [-0.4, -0.2) is 23.8 Å². The van der Waals surface area contributed by atoms with Crippen LogP contribution in [0.2, 0.25) is 0 Å². The number of thiophene rings is 1. The summed E-state index contributed by atoms with van der Waals surface area (Å²) in [5.41, 5.74) is 0.961. The van der Waals surface area contributed by atoms with E-state index in [2.05, 4.69) is 11.9 Å². The van der Waals surface area contributed by atoms with Crippen molar-refractivity contribution < 1.29 is 9.18 Å². The molecule has 7 heteroatoms. The number of benzene rings is 1. The fourth-order valence-electron chi connectivity index (χ4n) is 2.66. The number of nitrogens with one attached hydrogen (secondary N) is 2. The number of carbonyl (C=O) groups is 1. The van der Waals surface area contributed by atoms with Crippen molar-refractivity contribution in [3.63, 3.8) is 0 Å². The van der Waals surface area contributed by atoms with Gasteiger partial charge in [-0.1, -0.05) is 12.6 Å². The summed E-state index contributed by atoms with van der Waals surface area (Å²) < 4.78 is 13.5. The van der Waals surface area contributed by atoms with E-state index >= 15 is 0 Å². The lowest BCUT2D eigenvalue weighted by molar-refractivity contribution is -0.124. The third-order valence-corrected chi connectivity index (χ3v) is 5.53. The molecule has 1 aromatic carbocycles. The second-order valence-electron chi connectivity index (χ2n) is 5.95. The lowest BCUT2D eigenvalue weighted by atomic mass is 9.87. The van der Waals surface area contributed by atoms with E-state index in [1.54, 1.807) is 13.0 Å². The number of likely N-dealkylation sites (N-methyl/N-ethyl adjacent to an activating group) is 1. The molecule has 0 bridgehead atoms. The Balaban J connectivity index is 2.01. The summed E-state index contributed by atoms with van der Waals surface area (Å²) in [6.07, 6.45) is 0. The highest BCUT2D eigenvalue weighted by Gasteiger charge is 2.42. The van der Waals surface area contributed by atoms with Gasteiger partial charge >= 0.3 is 0 Å². The van der Waals surface area contributed by atoms with Crippen LogP contribution < -0.4 is 5.32 Å². The minimum atomic E-state index is -0.887. The van der Waals surface area contributed by atoms with Crippen molar-refractivity contribution in [1.29, 1.82) is 10.7 Å². The first-order valence-electron chi connectivity index (χ1n) is 7.41. The number of hydrogen-bond donors (Lipinski definition) is 2. The molecule has 3 rings (SSSR count). The van der Waals surface area contributed by atoms with Crippen molar-refractivity contribution in [3.05, 3.63) is 58.1 Å². The normalized spacial score (nSPS) is 20.4. The van der Waals surface area contributed by atoms with Crippen LogP contribution in [0.4, 0.5) is 4.39 Å². The fourth-order valence-corrected chi connectivity index (χ4v) is 3.73. The lowest BCUT2D eigenvalue weighted by Gasteiger charge is -2.40. The standard InChI is InChI=1S/C18H15FN4OS/c1-10-16(24)23(3)17(21)22-18(10,2)15-7-13(9-25-15)11-4-5-14(19)12(6-11)8-20/h4-7,9H,1H2,2-3H3,(H2,21,22)/t18-/m0/s1. The van der Waals surface area contributed by atoms with E-state index in [1.807, 2.05) is 17.5 Å². The molecule has 0 aliphatic carbocycles. The van der Waals surface area contributed by atoms with Gasteiger partial charge in [-0.25, -0.2) is 4.39 Å². The van der Waals surface area contributed by atoms with Crippen molar-refractivity contribution in [3.8, 4) is 17.2 Å². The Morgan fingerprint density at radius 3 is 2.80 bits per heavy atom. The quantitative estimate of drug-likeness (QED) is 0.813. The SMILES string of the molecule is C=C1C(=O)N(C)C(=N)N[C@]1(C)c1cc(-c2ccc(F)c(C#N)c2)cs1. The maximum atomic E-state index is 13.5. The minimum Gasteiger partial charge on any atom is -0.342 e. The summed E-state index contributed by atoms with van der Waals surface area (Å²) in [4.78, 5) is 14.3. The molecule has 1 aliphatic heterocycles. The second-order valence-corrected chi connectivity index (χ2v) is 6.86. The van der Waals surface area contributed by atoms with E-state index in [4.69, 9.17) is 10.7 Å². The largest absolute Gasteiger partial charge is 0.342 e. The maximum Gasteiger partial charge on any atom is 0.258 e. The number of carbonyl (C=O) groups excluding carboxylic acids is 1. The van der Waals surface area contributed by atoms with Gasteiger partial charge in [-0.3, -0.25) is 15.1 Å². The predicted molar refractivity (Wildman–Crippen MR) is 94.6 cm³/mol. The molecule has 1 fully saturated rings. The van der Waals surface area contributed by atoms with Gasteiger partial charge in [-0.2, -0.15) is 5.26 Å². The van der Waals surface area contributed by atoms with Crippen LogP contribution in [0, 0.1) is 22.6 Å². The van der Waals surface area contributed by atoms with Crippen molar-refractivity contribution in [2.75, 3.05) is 7.05 Å². The number of halogens is 1. The Hall–Kier alpha value is -2.98. The van der Waals surface area contributed by atoms with Gasteiger partial charge < -0.3 is 5.32 Å². The number of hydrogen-bond acceptors (Lipinski definition) is 4. The first kappa shape index (κ1) is 16.9. The van der Waals surface area contributed by atoms with Gasteiger partial charge in [0.05, 0.1) is 5.56 Å². The van der Waals surface area contributed by atoms with Crippen LogP contribution >= 0.6 is 11.3 Å². The van der Waals surface area contributed by atoms with Crippen molar-refractivity contribution >= 4 is 23.2 Å². The highest BCUT2D eigenvalue weighted by molar-refractivity contribution is 7.10. The Morgan fingerprint density at radius 2 is 2.12 bits per heavy atom. The Morgan fingerprint density at radius 1 is 1.40 bits per heavy atom. The average molecular weight is 354 g/mol. The van der Waals surface area contributed by atoms with E-state index in [9.17, 15) is 9.18 Å². The molecular weight excluding hydrogens is 339 g/mol. The second kappa shape index (κ2) is 5.83. The highest BCUT2D eigenvalue weighted by Crippen LogP contribution is 2.38. The summed E-state index contributed by atoms with van der Waals surface area (Å²) in [7, 11) is 1.52. The molecule has 1 aliphatic rings. The monoisotopic (exact) mass is 354 g/mol. The molecule has 0 unspecified atom stereocenters. The lowest BCUT2D eigenvalue weighted by Crippen LogP contribution is -2.59. The van der Waals surface area contributed by atoms with E-state index in [0.717, 1.165) is 10.4 Å². The zero-order valence-electron chi connectivity index (χ0n) is 13.7. The van der Waals surface area contributed by atoms with Gasteiger partial charge in [0, 0.05) is 17.5 Å². The zero-order chi connectivity index (χ0) is 18.4. The smallest absolute Gasteiger partial charge is 0.258 e. The third kappa shape index (κ3) is 2.61. The molecule has 0 saturated carbocycles. The van der Waals surface area contributed by atoms with Crippen LogP contribution in [0.1, 0.15) is 17.4 Å². The Labute approximate surface area is 148 Å². The molecule has 0 spiro atoms. The van der Waals surface area contributed by atoms with Crippen LogP contribution in [-0.2, 0) is 10.3 Å². The van der Waals surface area contributed by atoms with Gasteiger partial charge in [-0.15, -0.1) is 11.3 Å². The zero-order valence-corrected chi connectivity index (χ0v) is 14.5. The van der Waals surface area contributed by atoms with E-state index in [-0.39, 0.29) is 17.4 Å². The molecule has 2 heterocycles. The number of amides is 1. The summed E-state index contributed by atoms with van der Waals surface area (Å²) in [5.74, 6) is -0.865. The summed E-state index contributed by atoms with van der Waals surface area (Å²) >= 11 is 1.41. The molecule has 0 radical (unpaired) electrons. The average Bonchev–Trinajstić information content (AvgIpc) is 3.09. The summed E-state index contributed by atoms with van der Waals surface area (Å²) in [5, 5.41) is 21.8. The van der Waals surface area contributed by atoms with Crippen LogP contribution in [0.3, 0.4) is 0 Å². The van der Waals surface area contributed by atoms with Gasteiger partial charge in [0.25, 0.3) is 5.91 Å². The van der Waals surface area contributed by atoms with Gasteiger partial charge in [0.2, 0.25) is 0 Å².